The summed E-state index contributed by atoms with van der Waals surface area (Å²) < 4.78 is 25.3. The summed E-state index contributed by atoms with van der Waals surface area (Å²) in [5.74, 6) is 0.0810. The number of ether oxygens (including phenoxy) is 2. The summed E-state index contributed by atoms with van der Waals surface area (Å²) in [7, 11) is 0. The van der Waals surface area contributed by atoms with Gasteiger partial charge in [0.2, 0.25) is 0 Å². The van der Waals surface area contributed by atoms with Crippen molar-refractivity contribution in [3.8, 4) is 5.75 Å². The number of hydrogen-bond acceptors (Lipinski definition) is 4. The number of carbonyl (C=O) groups is 1. The van der Waals surface area contributed by atoms with Crippen LogP contribution in [0.5, 0.6) is 5.75 Å². The maximum atomic E-state index is 14.4. The second-order valence-corrected chi connectivity index (χ2v) is 5.93. The van der Waals surface area contributed by atoms with Crippen molar-refractivity contribution in [1.29, 1.82) is 0 Å². The number of rotatable bonds is 6. The van der Waals surface area contributed by atoms with Gasteiger partial charge in [0.15, 0.2) is 5.78 Å². The van der Waals surface area contributed by atoms with Crippen LogP contribution in [-0.4, -0.2) is 38.7 Å². The van der Waals surface area contributed by atoms with Gasteiger partial charge >= 0.3 is 0 Å². The third-order valence-electron chi connectivity index (χ3n) is 4.22. The normalized spacial score (nSPS) is 14.6. The Morgan fingerprint density at radius 2 is 2.00 bits per heavy atom. The third-order valence-corrected chi connectivity index (χ3v) is 4.22. The molecule has 0 saturated carbocycles. The van der Waals surface area contributed by atoms with Crippen molar-refractivity contribution in [2.24, 2.45) is 0 Å². The summed E-state index contributed by atoms with van der Waals surface area (Å²) in [4.78, 5) is 14.3. The molecule has 3 rings (SSSR count). The van der Waals surface area contributed by atoms with E-state index in [0.717, 1.165) is 5.56 Å². The fraction of sp³-hybridized carbons (Fsp3) is 0.286. The van der Waals surface area contributed by atoms with Gasteiger partial charge in [-0.1, -0.05) is 18.2 Å². The molecule has 1 saturated heterocycles. The number of anilines is 1. The number of hydrogen-bond donors (Lipinski definition) is 0. The van der Waals surface area contributed by atoms with Crippen LogP contribution in [0, 0.1) is 5.82 Å². The molecule has 0 aromatic heterocycles. The molecule has 2 aromatic carbocycles. The van der Waals surface area contributed by atoms with Gasteiger partial charge in [0.1, 0.15) is 11.6 Å². The van der Waals surface area contributed by atoms with E-state index in [1.54, 1.807) is 18.2 Å². The molecule has 0 radical (unpaired) electrons. The first kappa shape index (κ1) is 18.1. The molecule has 0 N–H and O–H groups in total. The summed E-state index contributed by atoms with van der Waals surface area (Å²) in [6, 6.07) is 12.1. The topological polar surface area (TPSA) is 38.8 Å². The predicted octanol–water partition coefficient (Wildman–Crippen LogP) is 3.96. The molecule has 1 fully saturated rings. The van der Waals surface area contributed by atoms with Crippen molar-refractivity contribution in [2.75, 3.05) is 37.8 Å². The number of allylic oxidation sites excluding steroid dienone is 1. The molecule has 26 heavy (non-hydrogen) atoms. The van der Waals surface area contributed by atoms with Crippen LogP contribution in [0.25, 0.3) is 6.08 Å². The maximum absolute atomic E-state index is 14.4. The van der Waals surface area contributed by atoms with Crippen molar-refractivity contribution in [2.45, 2.75) is 6.92 Å². The number of benzene rings is 2. The molecule has 1 aliphatic rings. The Morgan fingerprint density at radius 3 is 2.73 bits per heavy atom. The van der Waals surface area contributed by atoms with Gasteiger partial charge in [0.25, 0.3) is 0 Å². The lowest BCUT2D eigenvalue weighted by Crippen LogP contribution is -2.36. The summed E-state index contributed by atoms with van der Waals surface area (Å²) in [6.07, 6.45) is 3.14. The SMILES string of the molecule is CCOc1ccccc1/C=C/C(=O)c1ccc(N2CCOCC2)c(F)c1. The van der Waals surface area contributed by atoms with Crippen molar-refractivity contribution in [3.63, 3.8) is 0 Å². The van der Waals surface area contributed by atoms with Gasteiger partial charge in [-0.25, -0.2) is 4.39 Å². The van der Waals surface area contributed by atoms with Crippen molar-refractivity contribution >= 4 is 17.5 Å². The number of halogens is 1. The first-order valence-corrected chi connectivity index (χ1v) is 8.75. The number of para-hydroxylation sites is 1. The van der Waals surface area contributed by atoms with Gasteiger partial charge in [0, 0.05) is 24.2 Å². The lowest BCUT2D eigenvalue weighted by Gasteiger charge is -2.29. The molecule has 136 valence electrons. The van der Waals surface area contributed by atoms with Crippen LogP contribution in [-0.2, 0) is 4.74 Å². The second kappa shape index (κ2) is 8.63. The van der Waals surface area contributed by atoms with Crippen LogP contribution < -0.4 is 9.64 Å². The highest BCUT2D eigenvalue weighted by Crippen LogP contribution is 2.23. The summed E-state index contributed by atoms with van der Waals surface area (Å²) in [5.41, 5.74) is 1.65. The standard InChI is InChI=1S/C21H22FNO3/c1-2-26-21-6-4-3-5-16(21)8-10-20(24)17-7-9-19(18(22)15-17)23-11-13-25-14-12-23/h3-10,15H,2,11-14H2,1H3/b10-8+. The third kappa shape index (κ3) is 4.29. The average molecular weight is 355 g/mol. The Morgan fingerprint density at radius 1 is 1.23 bits per heavy atom. The van der Waals surface area contributed by atoms with Crippen molar-refractivity contribution in [1.82, 2.24) is 0 Å². The van der Waals surface area contributed by atoms with Crippen molar-refractivity contribution in [3.05, 3.63) is 65.5 Å². The highest BCUT2D eigenvalue weighted by molar-refractivity contribution is 6.07. The molecular weight excluding hydrogens is 333 g/mol. The van der Waals surface area contributed by atoms with E-state index >= 15 is 0 Å². The Kier molecular flexibility index (Phi) is 6.02. The number of ketones is 1. The molecule has 5 heteroatoms. The minimum atomic E-state index is -0.388. The highest BCUT2D eigenvalue weighted by atomic mass is 19.1. The number of carbonyl (C=O) groups excluding carboxylic acids is 1. The molecule has 0 unspecified atom stereocenters. The van der Waals surface area contributed by atoms with Crippen LogP contribution in [0.2, 0.25) is 0 Å². The molecule has 0 atom stereocenters. The highest BCUT2D eigenvalue weighted by Gasteiger charge is 2.16. The largest absolute Gasteiger partial charge is 0.493 e. The van der Waals surface area contributed by atoms with Gasteiger partial charge in [0.05, 0.1) is 25.5 Å². The fourth-order valence-electron chi connectivity index (χ4n) is 2.89. The Balaban J connectivity index is 1.75. The molecule has 2 aromatic rings. The molecule has 0 spiro atoms. The quantitative estimate of drug-likeness (QED) is 0.581. The Hall–Kier alpha value is -2.66. The Labute approximate surface area is 152 Å². The van der Waals surface area contributed by atoms with E-state index in [9.17, 15) is 9.18 Å². The molecule has 1 heterocycles. The number of morpholine rings is 1. The minimum Gasteiger partial charge on any atom is -0.493 e. The maximum Gasteiger partial charge on any atom is 0.185 e. The minimum absolute atomic E-state index is 0.247. The van der Waals surface area contributed by atoms with Crippen LogP contribution in [0.1, 0.15) is 22.8 Å². The van der Waals surface area contributed by atoms with Gasteiger partial charge in [-0.15, -0.1) is 0 Å². The summed E-state index contributed by atoms with van der Waals surface area (Å²) in [5, 5.41) is 0. The van der Waals surface area contributed by atoms with Gasteiger partial charge < -0.3 is 14.4 Å². The van der Waals surface area contributed by atoms with E-state index in [2.05, 4.69) is 0 Å². The van der Waals surface area contributed by atoms with Crippen LogP contribution in [0.4, 0.5) is 10.1 Å². The first-order chi connectivity index (χ1) is 12.7. The monoisotopic (exact) mass is 355 g/mol. The molecule has 0 amide bonds. The average Bonchev–Trinajstić information content (AvgIpc) is 2.68. The molecule has 0 bridgehead atoms. The Bertz CT molecular complexity index is 798. The van der Waals surface area contributed by atoms with E-state index in [0.29, 0.717) is 49.9 Å². The van der Waals surface area contributed by atoms with Crippen LogP contribution in [0.3, 0.4) is 0 Å². The lowest BCUT2D eigenvalue weighted by atomic mass is 10.1. The van der Waals surface area contributed by atoms with Crippen LogP contribution >= 0.6 is 0 Å². The summed E-state index contributed by atoms with van der Waals surface area (Å²) >= 11 is 0. The van der Waals surface area contributed by atoms with Crippen molar-refractivity contribution < 1.29 is 18.7 Å². The van der Waals surface area contributed by atoms with E-state index in [-0.39, 0.29) is 11.6 Å². The van der Waals surface area contributed by atoms with Gasteiger partial charge in [-0.05, 0) is 43.3 Å². The van der Waals surface area contributed by atoms with Gasteiger partial charge in [-0.3, -0.25) is 4.79 Å². The zero-order valence-electron chi connectivity index (χ0n) is 14.8. The molecular formula is C21H22FNO3. The number of nitrogens with zero attached hydrogens (tertiary/aromatic N) is 1. The predicted molar refractivity (Wildman–Crippen MR) is 100 cm³/mol. The molecule has 0 aliphatic carbocycles. The fourth-order valence-corrected chi connectivity index (χ4v) is 2.89. The van der Waals surface area contributed by atoms with Gasteiger partial charge in [-0.2, -0.15) is 0 Å². The molecule has 4 nitrogen and oxygen atoms in total. The van der Waals surface area contributed by atoms with E-state index < -0.39 is 0 Å². The van der Waals surface area contributed by atoms with E-state index in [1.807, 2.05) is 36.1 Å². The van der Waals surface area contributed by atoms with E-state index in [4.69, 9.17) is 9.47 Å². The van der Waals surface area contributed by atoms with Crippen LogP contribution in [0.15, 0.2) is 48.5 Å². The molecule has 1 aliphatic heterocycles. The zero-order valence-corrected chi connectivity index (χ0v) is 14.8. The smallest absolute Gasteiger partial charge is 0.185 e. The first-order valence-electron chi connectivity index (χ1n) is 8.75. The van der Waals surface area contributed by atoms with E-state index in [1.165, 1.54) is 12.1 Å². The summed E-state index contributed by atoms with van der Waals surface area (Å²) in [6.45, 7) is 4.93. The second-order valence-electron chi connectivity index (χ2n) is 5.93. The lowest BCUT2D eigenvalue weighted by molar-refractivity contribution is 0.104. The zero-order chi connectivity index (χ0) is 18.4.